The lowest BCUT2D eigenvalue weighted by molar-refractivity contribution is -0.134. The molecule has 1 atom stereocenters. The van der Waals surface area contributed by atoms with E-state index < -0.39 is 27.5 Å². The van der Waals surface area contributed by atoms with Crippen LogP contribution in [-0.2, 0) is 26.0 Å². The molecule has 3 aromatic carbocycles. The fourth-order valence-electron chi connectivity index (χ4n) is 4.07. The zero-order valence-corrected chi connectivity index (χ0v) is 20.5. The van der Waals surface area contributed by atoms with E-state index in [0.717, 1.165) is 0 Å². The number of fused-ring (bicyclic) bond motifs is 1. The Morgan fingerprint density at radius 3 is 2.46 bits per heavy atom. The average Bonchev–Trinajstić information content (AvgIpc) is 2.85. The largest absolute Gasteiger partial charge is 0.495 e. The molecule has 0 saturated heterocycles. The number of cyclic esters (lactones) is 1. The number of sulfonamides is 1. The third-order valence-electron chi connectivity index (χ3n) is 5.90. The van der Waals surface area contributed by atoms with Crippen molar-refractivity contribution in [2.75, 3.05) is 23.3 Å². The quantitative estimate of drug-likeness (QED) is 0.498. The number of para-hydroxylation sites is 1. The number of carbonyl (C=O) groups excluding carboxylic acids is 2. The zero-order valence-electron chi connectivity index (χ0n) is 19.6. The first-order valence-electron chi connectivity index (χ1n) is 11.1. The summed E-state index contributed by atoms with van der Waals surface area (Å²) in [5, 5.41) is 2.71. The van der Waals surface area contributed by atoms with Crippen LogP contribution in [0.5, 0.6) is 5.75 Å². The van der Waals surface area contributed by atoms with Gasteiger partial charge in [0.05, 0.1) is 28.9 Å². The lowest BCUT2D eigenvalue weighted by Gasteiger charge is -2.33. The molecule has 3 aromatic rings. The SMILES string of the molecule is CCN(c1ccccc1)S(=O)(=O)c1ccc(OC)c(NC(=O)C2(C)Cc3ccccc3C(=O)O2)c1. The van der Waals surface area contributed by atoms with E-state index in [1.54, 1.807) is 55.5 Å². The van der Waals surface area contributed by atoms with Crippen molar-refractivity contribution in [1.82, 2.24) is 0 Å². The number of rotatable bonds is 7. The van der Waals surface area contributed by atoms with E-state index in [1.807, 2.05) is 6.07 Å². The Balaban J connectivity index is 1.66. The summed E-state index contributed by atoms with van der Waals surface area (Å²) < 4.78 is 39.0. The van der Waals surface area contributed by atoms with Crippen LogP contribution < -0.4 is 14.4 Å². The lowest BCUT2D eigenvalue weighted by Crippen LogP contribution is -2.49. The van der Waals surface area contributed by atoms with E-state index in [2.05, 4.69) is 5.32 Å². The molecular weight excluding hydrogens is 468 g/mol. The number of nitrogens with one attached hydrogen (secondary N) is 1. The molecule has 0 spiro atoms. The fraction of sp³-hybridized carbons (Fsp3) is 0.231. The molecule has 1 aliphatic rings. The third-order valence-corrected chi connectivity index (χ3v) is 7.80. The van der Waals surface area contributed by atoms with E-state index in [4.69, 9.17) is 9.47 Å². The number of carbonyl (C=O) groups is 2. The number of ether oxygens (including phenoxy) is 2. The predicted octanol–water partition coefficient (Wildman–Crippen LogP) is 4.02. The van der Waals surface area contributed by atoms with E-state index in [1.165, 1.54) is 36.5 Å². The molecule has 1 N–H and O–H groups in total. The monoisotopic (exact) mass is 494 g/mol. The average molecular weight is 495 g/mol. The van der Waals surface area contributed by atoms with Gasteiger partial charge in [-0.1, -0.05) is 36.4 Å². The number of amides is 1. The van der Waals surface area contributed by atoms with Gasteiger partial charge in [-0.3, -0.25) is 9.10 Å². The van der Waals surface area contributed by atoms with Crippen molar-refractivity contribution in [2.24, 2.45) is 0 Å². The number of esters is 1. The molecule has 1 heterocycles. The summed E-state index contributed by atoms with van der Waals surface area (Å²) in [4.78, 5) is 25.8. The van der Waals surface area contributed by atoms with E-state index in [-0.39, 0.29) is 29.3 Å². The zero-order chi connectivity index (χ0) is 25.2. The van der Waals surface area contributed by atoms with Crippen molar-refractivity contribution in [3.8, 4) is 5.75 Å². The van der Waals surface area contributed by atoms with Crippen molar-refractivity contribution in [2.45, 2.75) is 30.8 Å². The van der Waals surface area contributed by atoms with E-state index >= 15 is 0 Å². The van der Waals surface area contributed by atoms with Crippen LogP contribution in [0.3, 0.4) is 0 Å². The summed E-state index contributed by atoms with van der Waals surface area (Å²) in [5.74, 6) is -0.913. The fourth-order valence-corrected chi connectivity index (χ4v) is 5.57. The molecule has 1 amide bonds. The van der Waals surface area contributed by atoms with Gasteiger partial charge in [0.15, 0.2) is 5.60 Å². The normalized spacial score (nSPS) is 17.2. The minimum Gasteiger partial charge on any atom is -0.495 e. The Labute approximate surface area is 204 Å². The van der Waals surface area contributed by atoms with E-state index in [0.29, 0.717) is 16.8 Å². The molecule has 0 aliphatic carbocycles. The van der Waals surface area contributed by atoms with Crippen molar-refractivity contribution in [3.63, 3.8) is 0 Å². The molecule has 35 heavy (non-hydrogen) atoms. The summed E-state index contributed by atoms with van der Waals surface area (Å²) in [6, 6.07) is 20.0. The van der Waals surface area contributed by atoms with Crippen molar-refractivity contribution in [3.05, 3.63) is 83.9 Å². The second kappa shape index (κ2) is 9.42. The van der Waals surface area contributed by atoms with Crippen LogP contribution in [0.1, 0.15) is 29.8 Å². The highest BCUT2D eigenvalue weighted by Crippen LogP contribution is 2.33. The number of nitrogens with zero attached hydrogens (tertiary/aromatic N) is 1. The summed E-state index contributed by atoms with van der Waals surface area (Å²) >= 11 is 0. The first kappa shape index (κ1) is 24.3. The first-order chi connectivity index (χ1) is 16.7. The summed E-state index contributed by atoms with van der Waals surface area (Å²) in [6.45, 7) is 3.48. The predicted molar refractivity (Wildman–Crippen MR) is 132 cm³/mol. The van der Waals surface area contributed by atoms with Crippen LogP contribution in [0, 0.1) is 0 Å². The number of hydrogen-bond acceptors (Lipinski definition) is 6. The molecule has 0 bridgehead atoms. The maximum atomic E-state index is 13.4. The molecule has 0 aromatic heterocycles. The highest BCUT2D eigenvalue weighted by molar-refractivity contribution is 7.92. The molecule has 182 valence electrons. The Morgan fingerprint density at radius 2 is 1.77 bits per heavy atom. The maximum Gasteiger partial charge on any atom is 0.339 e. The van der Waals surface area contributed by atoms with Crippen LogP contribution in [0.25, 0.3) is 0 Å². The molecular formula is C26H26N2O6S. The molecule has 1 unspecified atom stereocenters. The second-order valence-corrected chi connectivity index (χ2v) is 10.1. The number of anilines is 2. The summed E-state index contributed by atoms with van der Waals surface area (Å²) in [6.07, 6.45) is 0.179. The highest BCUT2D eigenvalue weighted by Gasteiger charge is 2.43. The van der Waals surface area contributed by atoms with Gasteiger partial charge in [-0.15, -0.1) is 0 Å². The van der Waals surface area contributed by atoms with Gasteiger partial charge in [0, 0.05) is 13.0 Å². The van der Waals surface area contributed by atoms with E-state index in [9.17, 15) is 18.0 Å². The molecule has 1 aliphatic heterocycles. The number of methoxy groups -OCH3 is 1. The van der Waals surface area contributed by atoms with Gasteiger partial charge < -0.3 is 14.8 Å². The number of hydrogen-bond donors (Lipinski definition) is 1. The van der Waals surface area contributed by atoms with Crippen LogP contribution >= 0.6 is 0 Å². The summed E-state index contributed by atoms with van der Waals surface area (Å²) in [5.41, 5.74) is 0.316. The van der Waals surface area contributed by atoms with Crippen molar-refractivity contribution >= 4 is 33.3 Å². The van der Waals surface area contributed by atoms with Gasteiger partial charge in [0.1, 0.15) is 5.75 Å². The highest BCUT2D eigenvalue weighted by atomic mass is 32.2. The lowest BCUT2D eigenvalue weighted by atomic mass is 9.89. The maximum absolute atomic E-state index is 13.4. The number of benzene rings is 3. The molecule has 0 saturated carbocycles. The van der Waals surface area contributed by atoms with Crippen molar-refractivity contribution in [1.29, 1.82) is 0 Å². The third kappa shape index (κ3) is 4.59. The second-order valence-electron chi connectivity index (χ2n) is 8.28. The topological polar surface area (TPSA) is 102 Å². The molecule has 4 rings (SSSR count). The van der Waals surface area contributed by atoms with Gasteiger partial charge in [0.2, 0.25) is 0 Å². The van der Waals surface area contributed by atoms with Gasteiger partial charge >= 0.3 is 5.97 Å². The molecule has 9 heteroatoms. The smallest absolute Gasteiger partial charge is 0.339 e. The Kier molecular flexibility index (Phi) is 6.53. The minimum absolute atomic E-state index is 0.0181. The minimum atomic E-state index is -3.94. The van der Waals surface area contributed by atoms with Crippen molar-refractivity contribution < 1.29 is 27.5 Å². The van der Waals surface area contributed by atoms with Crippen LogP contribution in [0.2, 0.25) is 0 Å². The Morgan fingerprint density at radius 1 is 1.09 bits per heavy atom. The Bertz CT molecular complexity index is 1370. The van der Waals surface area contributed by atoms with Gasteiger partial charge in [-0.2, -0.15) is 0 Å². The van der Waals surface area contributed by atoms with Crippen LogP contribution in [0.15, 0.2) is 77.7 Å². The van der Waals surface area contributed by atoms with Gasteiger partial charge in [-0.25, -0.2) is 13.2 Å². The molecule has 0 radical (unpaired) electrons. The first-order valence-corrected chi connectivity index (χ1v) is 12.5. The van der Waals surface area contributed by atoms with Crippen LogP contribution in [0.4, 0.5) is 11.4 Å². The van der Waals surface area contributed by atoms with Gasteiger partial charge in [0.25, 0.3) is 15.9 Å². The summed E-state index contributed by atoms with van der Waals surface area (Å²) in [7, 11) is -2.52. The standard InChI is InChI=1S/C26H26N2O6S/c1-4-28(19-11-6-5-7-12-19)35(31,32)20-14-15-23(33-3)22(16-20)27-25(30)26(2)17-18-10-8-9-13-21(18)24(29)34-26/h5-16H,4,17H2,1-3H3,(H,27,30). The molecule has 0 fully saturated rings. The Hall–Kier alpha value is -3.85. The molecule has 8 nitrogen and oxygen atoms in total. The van der Waals surface area contributed by atoms with Crippen LogP contribution in [-0.4, -0.2) is 39.5 Å². The van der Waals surface area contributed by atoms with Gasteiger partial charge in [-0.05, 0) is 55.8 Å².